The number of rotatable bonds is 5. The van der Waals surface area contributed by atoms with Gasteiger partial charge in [-0.25, -0.2) is 0 Å². The Hall–Kier alpha value is -3.06. The molecule has 0 radical (unpaired) electrons. The molecular formula is C17H15N3O. The standard InChI is InChI=1S/C17H15N3O/c18-11-15(13-19-16-9-5-2-6-10-16)17(21)20-12-14-7-3-1-4-8-14/h1-10,13,19H,12H2,(H,20,21)/b15-13-. The Kier molecular flexibility index (Phi) is 5.13. The van der Waals surface area contributed by atoms with Gasteiger partial charge in [-0.1, -0.05) is 48.5 Å². The van der Waals surface area contributed by atoms with E-state index in [4.69, 9.17) is 5.26 Å². The molecule has 2 N–H and O–H groups in total. The molecule has 0 aromatic heterocycles. The highest BCUT2D eigenvalue weighted by Crippen LogP contribution is 2.06. The number of nitrogens with one attached hydrogen (secondary N) is 2. The summed E-state index contributed by atoms with van der Waals surface area (Å²) >= 11 is 0. The molecular weight excluding hydrogens is 262 g/mol. The van der Waals surface area contributed by atoms with Crippen molar-refractivity contribution >= 4 is 11.6 Å². The van der Waals surface area contributed by atoms with Gasteiger partial charge in [0.05, 0.1) is 0 Å². The highest BCUT2D eigenvalue weighted by atomic mass is 16.1. The van der Waals surface area contributed by atoms with Gasteiger partial charge in [0.15, 0.2) is 0 Å². The van der Waals surface area contributed by atoms with Crippen molar-refractivity contribution in [3.8, 4) is 6.07 Å². The Morgan fingerprint density at radius 2 is 1.67 bits per heavy atom. The first-order chi connectivity index (χ1) is 10.3. The molecule has 0 bridgehead atoms. The third-order valence-electron chi connectivity index (χ3n) is 2.82. The van der Waals surface area contributed by atoms with E-state index in [0.29, 0.717) is 6.54 Å². The number of anilines is 1. The lowest BCUT2D eigenvalue weighted by molar-refractivity contribution is -0.117. The van der Waals surface area contributed by atoms with Crippen LogP contribution in [0.2, 0.25) is 0 Å². The van der Waals surface area contributed by atoms with Crippen molar-refractivity contribution in [3.05, 3.63) is 78.0 Å². The minimum Gasteiger partial charge on any atom is -0.360 e. The van der Waals surface area contributed by atoms with Crippen molar-refractivity contribution in [1.82, 2.24) is 5.32 Å². The summed E-state index contributed by atoms with van der Waals surface area (Å²) in [5, 5.41) is 14.7. The van der Waals surface area contributed by atoms with Gasteiger partial charge in [-0.15, -0.1) is 0 Å². The largest absolute Gasteiger partial charge is 0.360 e. The number of carbonyl (C=O) groups excluding carboxylic acids is 1. The second kappa shape index (κ2) is 7.51. The molecule has 2 rings (SSSR count). The zero-order valence-corrected chi connectivity index (χ0v) is 11.4. The predicted molar refractivity (Wildman–Crippen MR) is 82.0 cm³/mol. The summed E-state index contributed by atoms with van der Waals surface area (Å²) in [6.07, 6.45) is 1.41. The average Bonchev–Trinajstić information content (AvgIpc) is 2.55. The zero-order valence-electron chi connectivity index (χ0n) is 11.4. The molecule has 0 saturated carbocycles. The summed E-state index contributed by atoms with van der Waals surface area (Å²) in [6.45, 7) is 0.393. The molecule has 1 amide bonds. The Morgan fingerprint density at radius 1 is 1.05 bits per heavy atom. The molecule has 0 saturated heterocycles. The second-order valence-corrected chi connectivity index (χ2v) is 4.35. The van der Waals surface area contributed by atoms with Gasteiger partial charge in [0.25, 0.3) is 5.91 Å². The summed E-state index contributed by atoms with van der Waals surface area (Å²) in [4.78, 5) is 11.9. The van der Waals surface area contributed by atoms with E-state index in [0.717, 1.165) is 11.3 Å². The number of hydrogen-bond acceptors (Lipinski definition) is 3. The Balaban J connectivity index is 1.94. The first kappa shape index (κ1) is 14.4. The van der Waals surface area contributed by atoms with Crippen molar-refractivity contribution in [3.63, 3.8) is 0 Å². The van der Waals surface area contributed by atoms with Crippen molar-refractivity contribution in [2.75, 3.05) is 5.32 Å². The van der Waals surface area contributed by atoms with E-state index in [1.807, 2.05) is 66.7 Å². The van der Waals surface area contributed by atoms with E-state index in [1.165, 1.54) is 6.20 Å². The molecule has 2 aromatic carbocycles. The van der Waals surface area contributed by atoms with Crippen LogP contribution in [0.5, 0.6) is 0 Å². The SMILES string of the molecule is N#C/C(=C/Nc1ccccc1)C(=O)NCc1ccccc1. The number of nitriles is 1. The van der Waals surface area contributed by atoms with Crippen LogP contribution in [0.15, 0.2) is 72.4 Å². The van der Waals surface area contributed by atoms with Crippen LogP contribution < -0.4 is 10.6 Å². The summed E-state index contributed by atoms with van der Waals surface area (Å²) in [6, 6.07) is 20.8. The van der Waals surface area contributed by atoms with Gasteiger partial charge >= 0.3 is 0 Å². The van der Waals surface area contributed by atoms with E-state index < -0.39 is 5.91 Å². The number of benzene rings is 2. The number of carbonyl (C=O) groups is 1. The number of nitrogens with zero attached hydrogens (tertiary/aromatic N) is 1. The van der Waals surface area contributed by atoms with Crippen molar-refractivity contribution < 1.29 is 4.79 Å². The fourth-order valence-electron chi connectivity index (χ4n) is 1.71. The van der Waals surface area contributed by atoms with Gasteiger partial charge < -0.3 is 10.6 Å². The van der Waals surface area contributed by atoms with Crippen LogP contribution in [-0.2, 0) is 11.3 Å². The predicted octanol–water partition coefficient (Wildman–Crippen LogP) is 2.82. The maximum Gasteiger partial charge on any atom is 0.263 e. The molecule has 2 aromatic rings. The number of para-hydroxylation sites is 1. The lowest BCUT2D eigenvalue weighted by Gasteiger charge is -2.05. The Morgan fingerprint density at radius 3 is 2.29 bits per heavy atom. The molecule has 0 aliphatic heterocycles. The molecule has 0 heterocycles. The maximum atomic E-state index is 11.9. The van der Waals surface area contributed by atoms with Gasteiger partial charge in [-0.2, -0.15) is 5.26 Å². The molecule has 104 valence electrons. The normalized spacial score (nSPS) is 10.5. The molecule has 0 atom stereocenters. The fourth-order valence-corrected chi connectivity index (χ4v) is 1.71. The maximum absolute atomic E-state index is 11.9. The van der Waals surface area contributed by atoms with E-state index in [1.54, 1.807) is 0 Å². The fraction of sp³-hybridized carbons (Fsp3) is 0.0588. The van der Waals surface area contributed by atoms with Crippen molar-refractivity contribution in [1.29, 1.82) is 5.26 Å². The third-order valence-corrected chi connectivity index (χ3v) is 2.82. The minimum atomic E-state index is -0.398. The van der Waals surface area contributed by atoms with E-state index in [-0.39, 0.29) is 5.57 Å². The Labute approximate surface area is 123 Å². The van der Waals surface area contributed by atoms with E-state index >= 15 is 0 Å². The number of hydrogen-bond donors (Lipinski definition) is 2. The summed E-state index contributed by atoms with van der Waals surface area (Å²) in [5.41, 5.74) is 1.84. The van der Waals surface area contributed by atoms with Crippen LogP contribution in [-0.4, -0.2) is 5.91 Å². The second-order valence-electron chi connectivity index (χ2n) is 4.35. The van der Waals surface area contributed by atoms with Crippen molar-refractivity contribution in [2.24, 2.45) is 0 Å². The molecule has 4 heteroatoms. The van der Waals surface area contributed by atoms with Crippen LogP contribution >= 0.6 is 0 Å². The van der Waals surface area contributed by atoms with Crippen LogP contribution in [0.25, 0.3) is 0 Å². The topological polar surface area (TPSA) is 64.9 Å². The van der Waals surface area contributed by atoms with Gasteiger partial charge in [-0.05, 0) is 17.7 Å². The first-order valence-corrected chi connectivity index (χ1v) is 6.53. The zero-order chi connectivity index (χ0) is 14.9. The van der Waals surface area contributed by atoms with Gasteiger partial charge in [0.2, 0.25) is 0 Å². The quantitative estimate of drug-likeness (QED) is 0.652. The average molecular weight is 277 g/mol. The molecule has 0 aliphatic carbocycles. The highest BCUT2D eigenvalue weighted by Gasteiger charge is 2.08. The Bertz CT molecular complexity index is 657. The number of amides is 1. The molecule has 0 fully saturated rings. The summed E-state index contributed by atoms with van der Waals surface area (Å²) in [5.74, 6) is -0.398. The van der Waals surface area contributed by atoms with Crippen LogP contribution in [0, 0.1) is 11.3 Å². The molecule has 0 spiro atoms. The minimum absolute atomic E-state index is 0.0368. The van der Waals surface area contributed by atoms with Crippen LogP contribution in [0.1, 0.15) is 5.56 Å². The van der Waals surface area contributed by atoms with Gasteiger partial charge in [0.1, 0.15) is 11.6 Å². The summed E-state index contributed by atoms with van der Waals surface area (Å²) < 4.78 is 0. The molecule has 21 heavy (non-hydrogen) atoms. The van der Waals surface area contributed by atoms with Crippen LogP contribution in [0.3, 0.4) is 0 Å². The van der Waals surface area contributed by atoms with Crippen molar-refractivity contribution in [2.45, 2.75) is 6.54 Å². The van der Waals surface area contributed by atoms with E-state index in [9.17, 15) is 4.79 Å². The lowest BCUT2D eigenvalue weighted by atomic mass is 10.2. The van der Waals surface area contributed by atoms with Gasteiger partial charge in [0, 0.05) is 18.4 Å². The molecule has 4 nitrogen and oxygen atoms in total. The lowest BCUT2D eigenvalue weighted by Crippen LogP contribution is -2.24. The summed E-state index contributed by atoms with van der Waals surface area (Å²) in [7, 11) is 0. The van der Waals surface area contributed by atoms with Gasteiger partial charge in [-0.3, -0.25) is 4.79 Å². The van der Waals surface area contributed by atoms with E-state index in [2.05, 4.69) is 10.6 Å². The third kappa shape index (κ3) is 4.51. The molecule has 0 aliphatic rings. The monoisotopic (exact) mass is 277 g/mol. The van der Waals surface area contributed by atoms with Crippen LogP contribution in [0.4, 0.5) is 5.69 Å². The highest BCUT2D eigenvalue weighted by molar-refractivity contribution is 5.97. The smallest absolute Gasteiger partial charge is 0.263 e. The first-order valence-electron chi connectivity index (χ1n) is 6.53. The molecule has 0 unspecified atom stereocenters.